The minimum atomic E-state index is -0.0324. The highest BCUT2D eigenvalue weighted by atomic mass is 32.2. The van der Waals surface area contributed by atoms with Crippen LogP contribution in [0.1, 0.15) is 11.1 Å². The SMILES string of the molecule is COCCN1C(=O)CSC1c1cc2ccccc2o1. The van der Waals surface area contributed by atoms with Gasteiger partial charge in [0.15, 0.2) is 0 Å². The minimum absolute atomic E-state index is 0.0324. The molecule has 100 valence electrons. The quantitative estimate of drug-likeness (QED) is 0.861. The zero-order chi connectivity index (χ0) is 13.2. The molecule has 1 aliphatic rings. The molecule has 0 bridgehead atoms. The first-order valence-electron chi connectivity index (χ1n) is 6.18. The Morgan fingerprint density at radius 2 is 2.32 bits per heavy atom. The van der Waals surface area contributed by atoms with Gasteiger partial charge in [-0.2, -0.15) is 0 Å². The molecule has 1 amide bonds. The first-order chi connectivity index (χ1) is 9.29. The number of para-hydroxylation sites is 1. The summed E-state index contributed by atoms with van der Waals surface area (Å²) >= 11 is 1.60. The molecule has 0 spiro atoms. The molecule has 1 fully saturated rings. The number of hydrogen-bond acceptors (Lipinski definition) is 4. The van der Waals surface area contributed by atoms with E-state index in [-0.39, 0.29) is 11.3 Å². The fourth-order valence-electron chi connectivity index (χ4n) is 2.25. The third-order valence-corrected chi connectivity index (χ3v) is 4.41. The number of fused-ring (bicyclic) bond motifs is 1. The Morgan fingerprint density at radius 3 is 3.11 bits per heavy atom. The van der Waals surface area contributed by atoms with Crippen LogP contribution in [0, 0.1) is 0 Å². The van der Waals surface area contributed by atoms with E-state index in [9.17, 15) is 4.79 Å². The van der Waals surface area contributed by atoms with Crippen LogP contribution in [0.3, 0.4) is 0 Å². The summed E-state index contributed by atoms with van der Waals surface area (Å²) in [4.78, 5) is 13.7. The molecular formula is C14H15NO3S. The molecule has 2 aromatic rings. The number of thioether (sulfide) groups is 1. The number of rotatable bonds is 4. The standard InChI is InChI=1S/C14H15NO3S/c1-17-7-6-15-13(16)9-19-14(15)12-8-10-4-2-3-5-11(10)18-12/h2-5,8,14H,6-7,9H2,1H3. The van der Waals surface area contributed by atoms with Crippen molar-refractivity contribution in [1.29, 1.82) is 0 Å². The molecule has 0 N–H and O–H groups in total. The van der Waals surface area contributed by atoms with Crippen molar-refractivity contribution in [2.45, 2.75) is 5.37 Å². The molecule has 1 aromatic heterocycles. The maximum atomic E-state index is 11.9. The third-order valence-electron chi connectivity index (χ3n) is 3.19. The largest absolute Gasteiger partial charge is 0.458 e. The van der Waals surface area contributed by atoms with Gasteiger partial charge in [-0.1, -0.05) is 18.2 Å². The molecule has 0 aliphatic carbocycles. The molecule has 19 heavy (non-hydrogen) atoms. The number of ether oxygens (including phenoxy) is 1. The summed E-state index contributed by atoms with van der Waals surface area (Å²) in [6, 6.07) is 9.91. The smallest absolute Gasteiger partial charge is 0.234 e. The van der Waals surface area contributed by atoms with Gasteiger partial charge in [-0.3, -0.25) is 4.79 Å². The lowest BCUT2D eigenvalue weighted by Crippen LogP contribution is -2.31. The lowest BCUT2D eigenvalue weighted by Gasteiger charge is -2.21. The molecule has 0 saturated carbocycles. The van der Waals surface area contributed by atoms with Crippen LogP contribution in [-0.2, 0) is 9.53 Å². The van der Waals surface area contributed by atoms with Crippen LogP contribution >= 0.6 is 11.8 Å². The number of furan rings is 1. The van der Waals surface area contributed by atoms with E-state index in [0.717, 1.165) is 16.7 Å². The first-order valence-corrected chi connectivity index (χ1v) is 7.23. The van der Waals surface area contributed by atoms with Crippen molar-refractivity contribution in [3.05, 3.63) is 36.1 Å². The molecule has 1 aromatic carbocycles. The predicted molar refractivity (Wildman–Crippen MR) is 75.0 cm³/mol. The Kier molecular flexibility index (Phi) is 3.48. The number of hydrogen-bond donors (Lipinski definition) is 0. The predicted octanol–water partition coefficient (Wildman–Crippen LogP) is 2.65. The van der Waals surface area contributed by atoms with Crippen molar-refractivity contribution < 1.29 is 13.9 Å². The number of carbonyl (C=O) groups is 1. The van der Waals surface area contributed by atoms with Crippen molar-refractivity contribution in [3.8, 4) is 0 Å². The number of nitrogens with zero attached hydrogens (tertiary/aromatic N) is 1. The lowest BCUT2D eigenvalue weighted by molar-refractivity contribution is -0.128. The van der Waals surface area contributed by atoms with Crippen molar-refractivity contribution in [2.75, 3.05) is 26.0 Å². The van der Waals surface area contributed by atoms with E-state index in [1.807, 2.05) is 35.2 Å². The normalized spacial score (nSPS) is 19.5. The van der Waals surface area contributed by atoms with Gasteiger partial charge in [0.1, 0.15) is 16.7 Å². The monoisotopic (exact) mass is 277 g/mol. The third kappa shape index (κ3) is 2.35. The summed E-state index contributed by atoms with van der Waals surface area (Å²) in [7, 11) is 1.64. The van der Waals surface area contributed by atoms with Crippen molar-refractivity contribution in [3.63, 3.8) is 0 Å². The zero-order valence-corrected chi connectivity index (χ0v) is 11.5. The van der Waals surface area contributed by atoms with Crippen LogP contribution in [0.15, 0.2) is 34.7 Å². The van der Waals surface area contributed by atoms with E-state index >= 15 is 0 Å². The molecule has 5 heteroatoms. The minimum Gasteiger partial charge on any atom is -0.458 e. The molecule has 1 saturated heterocycles. The molecule has 3 rings (SSSR count). The maximum Gasteiger partial charge on any atom is 0.234 e. The molecule has 1 atom stereocenters. The van der Waals surface area contributed by atoms with Crippen LogP contribution in [0.5, 0.6) is 0 Å². The highest BCUT2D eigenvalue weighted by Gasteiger charge is 2.34. The molecule has 2 heterocycles. The van der Waals surface area contributed by atoms with E-state index in [1.165, 1.54) is 0 Å². The second kappa shape index (κ2) is 5.27. The van der Waals surface area contributed by atoms with Gasteiger partial charge >= 0.3 is 0 Å². The van der Waals surface area contributed by atoms with Crippen LogP contribution in [0.4, 0.5) is 0 Å². The number of methoxy groups -OCH3 is 1. The molecule has 1 unspecified atom stereocenters. The molecule has 0 radical (unpaired) electrons. The van der Waals surface area contributed by atoms with Gasteiger partial charge in [0.05, 0.1) is 12.4 Å². The Balaban J connectivity index is 1.89. The van der Waals surface area contributed by atoms with E-state index in [2.05, 4.69) is 0 Å². The van der Waals surface area contributed by atoms with Crippen LogP contribution in [0.25, 0.3) is 11.0 Å². The number of amides is 1. The fourth-order valence-corrected chi connectivity index (χ4v) is 3.39. The van der Waals surface area contributed by atoms with Gasteiger partial charge in [0.25, 0.3) is 0 Å². The average molecular weight is 277 g/mol. The van der Waals surface area contributed by atoms with Gasteiger partial charge < -0.3 is 14.1 Å². The van der Waals surface area contributed by atoms with Crippen LogP contribution in [-0.4, -0.2) is 36.8 Å². The summed E-state index contributed by atoms with van der Waals surface area (Å²) in [5, 5.41) is 1.04. The van der Waals surface area contributed by atoms with Gasteiger partial charge in [-0.25, -0.2) is 0 Å². The second-order valence-electron chi connectivity index (χ2n) is 4.43. The summed E-state index contributed by atoms with van der Waals surface area (Å²) in [5.41, 5.74) is 0.865. The summed E-state index contributed by atoms with van der Waals surface area (Å²) in [6.07, 6.45) is 0. The number of benzene rings is 1. The van der Waals surface area contributed by atoms with E-state index < -0.39 is 0 Å². The topological polar surface area (TPSA) is 42.7 Å². The molecular weight excluding hydrogens is 262 g/mol. The molecule has 1 aliphatic heterocycles. The van der Waals surface area contributed by atoms with Crippen molar-refractivity contribution in [1.82, 2.24) is 4.90 Å². The van der Waals surface area contributed by atoms with Gasteiger partial charge in [0.2, 0.25) is 5.91 Å². The Labute approximate surface area is 115 Å². The highest BCUT2D eigenvalue weighted by molar-refractivity contribution is 8.00. The summed E-state index contributed by atoms with van der Waals surface area (Å²) in [6.45, 7) is 1.15. The fraction of sp³-hybridized carbons (Fsp3) is 0.357. The molecule has 4 nitrogen and oxygen atoms in total. The zero-order valence-electron chi connectivity index (χ0n) is 10.7. The Morgan fingerprint density at radius 1 is 1.47 bits per heavy atom. The van der Waals surface area contributed by atoms with E-state index in [0.29, 0.717) is 18.9 Å². The maximum absolute atomic E-state index is 11.9. The Bertz CT molecular complexity index is 562. The van der Waals surface area contributed by atoms with E-state index in [1.54, 1.807) is 18.9 Å². The van der Waals surface area contributed by atoms with Gasteiger partial charge in [-0.15, -0.1) is 11.8 Å². The second-order valence-corrected chi connectivity index (χ2v) is 5.50. The Hall–Kier alpha value is -1.46. The van der Waals surface area contributed by atoms with Crippen LogP contribution in [0.2, 0.25) is 0 Å². The van der Waals surface area contributed by atoms with Crippen molar-refractivity contribution >= 4 is 28.6 Å². The van der Waals surface area contributed by atoms with Crippen molar-refractivity contribution in [2.24, 2.45) is 0 Å². The average Bonchev–Trinajstić information content (AvgIpc) is 2.99. The van der Waals surface area contributed by atoms with Gasteiger partial charge in [0, 0.05) is 19.0 Å². The lowest BCUT2D eigenvalue weighted by atomic mass is 10.2. The summed E-state index contributed by atoms with van der Waals surface area (Å²) < 4.78 is 10.9. The first kappa shape index (κ1) is 12.6. The highest BCUT2D eigenvalue weighted by Crippen LogP contribution is 2.40. The van der Waals surface area contributed by atoms with E-state index in [4.69, 9.17) is 9.15 Å². The van der Waals surface area contributed by atoms with Crippen LogP contribution < -0.4 is 0 Å². The van der Waals surface area contributed by atoms with Gasteiger partial charge in [-0.05, 0) is 12.1 Å². The summed E-state index contributed by atoms with van der Waals surface area (Å²) in [5.74, 6) is 1.49. The number of carbonyl (C=O) groups excluding carboxylic acids is 1.